The molecule has 3 rings (SSSR count). The summed E-state index contributed by atoms with van der Waals surface area (Å²) in [7, 11) is 0. The number of fused-ring (bicyclic) bond motifs is 1. The van der Waals surface area contributed by atoms with Crippen molar-refractivity contribution in [3.63, 3.8) is 0 Å². The Morgan fingerprint density at radius 1 is 1.24 bits per heavy atom. The molecule has 1 atom stereocenters. The third-order valence-electron chi connectivity index (χ3n) is 4.65. The second-order valence-corrected chi connectivity index (χ2v) is 7.30. The van der Waals surface area contributed by atoms with Gasteiger partial charge in [0.25, 0.3) is 0 Å². The van der Waals surface area contributed by atoms with Crippen LogP contribution >= 0.6 is 11.8 Å². The van der Waals surface area contributed by atoms with Crippen LogP contribution in [0.4, 0.5) is 0 Å². The molecule has 0 unspecified atom stereocenters. The van der Waals surface area contributed by atoms with Gasteiger partial charge in [0.1, 0.15) is 0 Å². The van der Waals surface area contributed by atoms with Crippen molar-refractivity contribution in [3.8, 4) is 0 Å². The maximum atomic E-state index is 12.9. The smallest absolute Gasteiger partial charge is 0.226 e. The third-order valence-corrected chi connectivity index (χ3v) is 6.01. The van der Waals surface area contributed by atoms with Gasteiger partial charge in [0, 0.05) is 29.2 Å². The van der Waals surface area contributed by atoms with Crippen molar-refractivity contribution in [1.29, 1.82) is 0 Å². The van der Waals surface area contributed by atoms with Crippen molar-refractivity contribution in [2.75, 3.05) is 5.75 Å². The molecule has 1 fully saturated rings. The molecule has 1 N–H and O–H groups in total. The summed E-state index contributed by atoms with van der Waals surface area (Å²) < 4.78 is 0. The summed E-state index contributed by atoms with van der Waals surface area (Å²) in [5, 5.41) is 9.62. The third kappa shape index (κ3) is 3.27. The highest BCUT2D eigenvalue weighted by Gasteiger charge is 2.32. The monoisotopic (exact) mass is 305 g/mol. The first-order valence-electron chi connectivity index (χ1n) is 7.84. The Morgan fingerprint density at radius 2 is 1.95 bits per heavy atom. The molecule has 1 saturated carbocycles. The van der Waals surface area contributed by atoms with E-state index in [1.54, 1.807) is 0 Å². The van der Waals surface area contributed by atoms with E-state index < -0.39 is 0 Å². The molecule has 2 aliphatic rings. The van der Waals surface area contributed by atoms with Crippen LogP contribution in [0.1, 0.15) is 38.2 Å². The number of carbonyl (C=O) groups excluding carboxylic acids is 1. The number of hydrogen-bond donors (Lipinski definition) is 1. The molecule has 0 spiro atoms. The molecule has 0 bridgehead atoms. The summed E-state index contributed by atoms with van der Waals surface area (Å²) in [4.78, 5) is 16.2. The standard InChI is InChI=1S/C17H23NO2S/c1-12-11-21-16-5-3-2-4-14(16)10-18(12)17(20)13-6-8-15(19)9-7-13/h2-5,12-13,15,19H,6-11H2,1H3/t12-,13?,15?/m1/s1. The zero-order valence-corrected chi connectivity index (χ0v) is 13.3. The summed E-state index contributed by atoms with van der Waals surface area (Å²) in [6.45, 7) is 2.87. The second kappa shape index (κ2) is 6.41. The molecule has 0 radical (unpaired) electrons. The lowest BCUT2D eigenvalue weighted by molar-refractivity contribution is -0.139. The molecule has 1 heterocycles. The number of thioether (sulfide) groups is 1. The summed E-state index contributed by atoms with van der Waals surface area (Å²) in [6, 6.07) is 8.66. The Balaban J connectivity index is 1.75. The largest absolute Gasteiger partial charge is 0.393 e. The molecule has 0 saturated heterocycles. The minimum absolute atomic E-state index is 0.103. The highest BCUT2D eigenvalue weighted by molar-refractivity contribution is 7.99. The zero-order chi connectivity index (χ0) is 14.8. The van der Waals surface area contributed by atoms with Gasteiger partial charge in [-0.1, -0.05) is 18.2 Å². The Morgan fingerprint density at radius 3 is 2.71 bits per heavy atom. The van der Waals surface area contributed by atoms with E-state index in [0.717, 1.165) is 38.0 Å². The minimum Gasteiger partial charge on any atom is -0.393 e. The van der Waals surface area contributed by atoms with E-state index in [1.165, 1.54) is 10.5 Å². The Bertz CT molecular complexity index is 511. The van der Waals surface area contributed by atoms with Gasteiger partial charge in [0.05, 0.1) is 6.10 Å². The Hall–Kier alpha value is -1.00. The van der Waals surface area contributed by atoms with Gasteiger partial charge in [-0.25, -0.2) is 0 Å². The summed E-state index contributed by atoms with van der Waals surface area (Å²) >= 11 is 1.85. The molecule has 1 aliphatic carbocycles. The first kappa shape index (κ1) is 14.9. The average Bonchev–Trinajstić information content (AvgIpc) is 2.67. The van der Waals surface area contributed by atoms with Crippen molar-refractivity contribution in [1.82, 2.24) is 4.90 Å². The zero-order valence-electron chi connectivity index (χ0n) is 12.5. The maximum absolute atomic E-state index is 12.9. The first-order chi connectivity index (χ1) is 10.1. The van der Waals surface area contributed by atoms with Crippen molar-refractivity contribution < 1.29 is 9.90 Å². The molecular weight excluding hydrogens is 282 g/mol. The number of hydrogen-bond acceptors (Lipinski definition) is 3. The number of benzene rings is 1. The molecule has 1 aromatic rings. The predicted molar refractivity (Wildman–Crippen MR) is 85.1 cm³/mol. The van der Waals surface area contributed by atoms with Crippen molar-refractivity contribution >= 4 is 17.7 Å². The fourth-order valence-electron chi connectivity index (χ4n) is 3.27. The molecule has 4 heteroatoms. The van der Waals surface area contributed by atoms with Gasteiger partial charge in [0.15, 0.2) is 0 Å². The topological polar surface area (TPSA) is 40.5 Å². The second-order valence-electron chi connectivity index (χ2n) is 6.24. The van der Waals surface area contributed by atoms with E-state index in [-0.39, 0.29) is 24.0 Å². The fraction of sp³-hybridized carbons (Fsp3) is 0.588. The lowest BCUT2D eigenvalue weighted by Crippen LogP contribution is -2.43. The highest BCUT2D eigenvalue weighted by Crippen LogP contribution is 2.33. The van der Waals surface area contributed by atoms with Gasteiger partial charge in [-0.3, -0.25) is 4.79 Å². The Kier molecular flexibility index (Phi) is 4.55. The number of carbonyl (C=O) groups is 1. The molecule has 3 nitrogen and oxygen atoms in total. The fourth-order valence-corrected chi connectivity index (χ4v) is 4.36. The van der Waals surface area contributed by atoms with Crippen LogP contribution in [0.15, 0.2) is 29.2 Å². The van der Waals surface area contributed by atoms with E-state index in [4.69, 9.17) is 0 Å². The number of amides is 1. The minimum atomic E-state index is -0.202. The number of nitrogens with zero attached hydrogens (tertiary/aromatic N) is 1. The molecule has 21 heavy (non-hydrogen) atoms. The highest BCUT2D eigenvalue weighted by atomic mass is 32.2. The van der Waals surface area contributed by atoms with E-state index in [9.17, 15) is 9.90 Å². The SMILES string of the molecule is C[C@@H]1CSc2ccccc2CN1C(=O)C1CCC(O)CC1. The van der Waals surface area contributed by atoms with Crippen molar-refractivity contribution in [2.24, 2.45) is 5.92 Å². The van der Waals surface area contributed by atoms with Gasteiger partial charge >= 0.3 is 0 Å². The number of aliphatic hydroxyl groups is 1. The average molecular weight is 305 g/mol. The van der Waals surface area contributed by atoms with Gasteiger partial charge in [-0.05, 0) is 44.2 Å². The van der Waals surface area contributed by atoms with E-state index in [2.05, 4.69) is 36.1 Å². The summed E-state index contributed by atoms with van der Waals surface area (Å²) in [5.41, 5.74) is 1.26. The lowest BCUT2D eigenvalue weighted by atomic mass is 9.86. The van der Waals surface area contributed by atoms with Crippen LogP contribution in [0.2, 0.25) is 0 Å². The number of aliphatic hydroxyl groups excluding tert-OH is 1. The molecule has 114 valence electrons. The van der Waals surface area contributed by atoms with Crippen molar-refractivity contribution in [2.45, 2.75) is 56.2 Å². The van der Waals surface area contributed by atoms with Crippen LogP contribution in [-0.4, -0.2) is 33.8 Å². The maximum Gasteiger partial charge on any atom is 0.226 e. The molecule has 0 aromatic heterocycles. The van der Waals surface area contributed by atoms with E-state index in [1.807, 2.05) is 11.8 Å². The normalized spacial score (nSPS) is 29.6. The summed E-state index contributed by atoms with van der Waals surface area (Å²) in [6.07, 6.45) is 3.00. The molecular formula is C17H23NO2S. The Labute approximate surface area is 130 Å². The van der Waals surface area contributed by atoms with Gasteiger partial charge in [0.2, 0.25) is 5.91 Å². The quantitative estimate of drug-likeness (QED) is 0.867. The van der Waals surface area contributed by atoms with Crippen LogP contribution in [0.5, 0.6) is 0 Å². The van der Waals surface area contributed by atoms with Crippen LogP contribution in [-0.2, 0) is 11.3 Å². The lowest BCUT2D eigenvalue weighted by Gasteiger charge is -2.33. The van der Waals surface area contributed by atoms with E-state index in [0.29, 0.717) is 0 Å². The van der Waals surface area contributed by atoms with Gasteiger partial charge in [-0.2, -0.15) is 0 Å². The van der Waals surface area contributed by atoms with Crippen LogP contribution in [0.3, 0.4) is 0 Å². The van der Waals surface area contributed by atoms with Gasteiger partial charge in [-0.15, -0.1) is 11.8 Å². The number of rotatable bonds is 1. The first-order valence-corrected chi connectivity index (χ1v) is 8.83. The molecule has 1 aromatic carbocycles. The predicted octanol–water partition coefficient (Wildman–Crippen LogP) is 3.06. The molecule has 1 amide bonds. The van der Waals surface area contributed by atoms with Crippen LogP contribution < -0.4 is 0 Å². The van der Waals surface area contributed by atoms with Gasteiger partial charge < -0.3 is 10.0 Å². The summed E-state index contributed by atoms with van der Waals surface area (Å²) in [5.74, 6) is 1.34. The molecule has 1 aliphatic heterocycles. The van der Waals surface area contributed by atoms with E-state index >= 15 is 0 Å². The van der Waals surface area contributed by atoms with Crippen LogP contribution in [0.25, 0.3) is 0 Å². The van der Waals surface area contributed by atoms with Crippen molar-refractivity contribution in [3.05, 3.63) is 29.8 Å². The van der Waals surface area contributed by atoms with Crippen LogP contribution in [0, 0.1) is 5.92 Å².